The number of carbonyl (C=O) groups is 2. The van der Waals surface area contributed by atoms with Crippen LogP contribution < -0.4 is 5.73 Å². The highest BCUT2D eigenvalue weighted by atomic mass is 35.5. The third kappa shape index (κ3) is 4.51. The molecular weight excluding hydrogens is 425 g/mol. The Morgan fingerprint density at radius 3 is 2.54 bits per heavy atom. The SMILES string of the molecule is Nc1c(Cl)c(Cl)nc(C(=O)OCc2cccc(C(=O)N3CCCCC3)c2)c1Cl. The number of halogens is 3. The average molecular weight is 443 g/mol. The fraction of sp³-hybridized carbons (Fsp3) is 0.316. The molecule has 6 nitrogen and oxygen atoms in total. The van der Waals surface area contributed by atoms with Crippen LogP contribution in [0.2, 0.25) is 15.2 Å². The van der Waals surface area contributed by atoms with E-state index in [9.17, 15) is 9.59 Å². The van der Waals surface area contributed by atoms with E-state index in [4.69, 9.17) is 45.3 Å². The van der Waals surface area contributed by atoms with Crippen molar-refractivity contribution in [1.29, 1.82) is 0 Å². The molecule has 2 aromatic rings. The van der Waals surface area contributed by atoms with Crippen molar-refractivity contribution in [3.05, 3.63) is 56.3 Å². The van der Waals surface area contributed by atoms with Gasteiger partial charge in [-0.3, -0.25) is 4.79 Å². The summed E-state index contributed by atoms with van der Waals surface area (Å²) in [6.45, 7) is 1.47. The van der Waals surface area contributed by atoms with Crippen LogP contribution in [0.1, 0.15) is 45.7 Å². The summed E-state index contributed by atoms with van der Waals surface area (Å²) in [6.07, 6.45) is 3.18. The molecule has 1 aliphatic heterocycles. The molecule has 0 unspecified atom stereocenters. The molecule has 1 aliphatic rings. The zero-order chi connectivity index (χ0) is 20.3. The molecule has 0 bridgehead atoms. The summed E-state index contributed by atoms with van der Waals surface area (Å²) in [7, 11) is 0. The quantitative estimate of drug-likeness (QED) is 0.552. The molecule has 2 N–H and O–H groups in total. The van der Waals surface area contributed by atoms with Crippen LogP contribution in [0.15, 0.2) is 24.3 Å². The van der Waals surface area contributed by atoms with Crippen LogP contribution in [-0.2, 0) is 11.3 Å². The highest BCUT2D eigenvalue weighted by Crippen LogP contribution is 2.34. The molecule has 0 spiro atoms. The maximum atomic E-state index is 12.6. The van der Waals surface area contributed by atoms with E-state index in [0.717, 1.165) is 32.4 Å². The highest BCUT2D eigenvalue weighted by Gasteiger charge is 2.22. The molecule has 148 valence electrons. The number of nitrogens with two attached hydrogens (primary N) is 1. The maximum absolute atomic E-state index is 12.6. The Morgan fingerprint density at radius 1 is 1.11 bits per heavy atom. The Bertz CT molecular complexity index is 915. The lowest BCUT2D eigenvalue weighted by Crippen LogP contribution is -2.35. The van der Waals surface area contributed by atoms with Crippen molar-refractivity contribution in [3.8, 4) is 0 Å². The van der Waals surface area contributed by atoms with E-state index >= 15 is 0 Å². The molecule has 28 heavy (non-hydrogen) atoms. The minimum atomic E-state index is -0.789. The Kier molecular flexibility index (Phi) is 6.65. The zero-order valence-electron chi connectivity index (χ0n) is 14.9. The summed E-state index contributed by atoms with van der Waals surface area (Å²) < 4.78 is 5.26. The average Bonchev–Trinajstić information content (AvgIpc) is 2.73. The van der Waals surface area contributed by atoms with Crippen molar-refractivity contribution in [2.24, 2.45) is 0 Å². The third-order valence-corrected chi connectivity index (χ3v) is 5.59. The van der Waals surface area contributed by atoms with Gasteiger partial charge in [0.25, 0.3) is 5.91 Å². The smallest absolute Gasteiger partial charge is 0.358 e. The summed E-state index contributed by atoms with van der Waals surface area (Å²) in [4.78, 5) is 30.6. The standard InChI is InChI=1S/C19H18Cl3N3O3/c20-13-15(23)14(21)17(22)24-16(13)19(27)28-10-11-5-4-6-12(9-11)18(26)25-7-2-1-3-8-25/h4-6,9H,1-3,7-8,10H2,(H2,23,24). The van der Waals surface area contributed by atoms with E-state index in [0.29, 0.717) is 11.1 Å². The number of aromatic nitrogens is 1. The van der Waals surface area contributed by atoms with Crippen LogP contribution in [0.4, 0.5) is 5.69 Å². The number of piperidine rings is 1. The van der Waals surface area contributed by atoms with Crippen molar-refractivity contribution < 1.29 is 14.3 Å². The first-order valence-electron chi connectivity index (χ1n) is 8.73. The second-order valence-corrected chi connectivity index (χ2v) is 7.54. The van der Waals surface area contributed by atoms with E-state index in [1.165, 1.54) is 0 Å². The first kappa shape index (κ1) is 20.7. The number of likely N-dealkylation sites (tertiary alicyclic amines) is 1. The predicted molar refractivity (Wildman–Crippen MR) is 109 cm³/mol. The maximum Gasteiger partial charge on any atom is 0.358 e. The Hall–Kier alpha value is -2.02. The van der Waals surface area contributed by atoms with Crippen LogP contribution in [0.25, 0.3) is 0 Å². The van der Waals surface area contributed by atoms with Crippen molar-refractivity contribution in [2.45, 2.75) is 25.9 Å². The summed E-state index contributed by atoms with van der Waals surface area (Å²) in [5, 5.41) is -0.273. The number of nitrogen functional groups attached to an aromatic ring is 1. The molecule has 3 rings (SSSR count). The van der Waals surface area contributed by atoms with Gasteiger partial charge in [-0.2, -0.15) is 0 Å². The van der Waals surface area contributed by atoms with E-state index in [1.54, 1.807) is 24.3 Å². The molecule has 1 amide bonds. The molecule has 1 aromatic heterocycles. The molecule has 1 saturated heterocycles. The molecule has 9 heteroatoms. The van der Waals surface area contributed by atoms with Crippen LogP contribution in [0, 0.1) is 0 Å². The molecule has 0 aliphatic carbocycles. The van der Waals surface area contributed by atoms with Gasteiger partial charge in [0.2, 0.25) is 0 Å². The molecule has 0 radical (unpaired) electrons. The van der Waals surface area contributed by atoms with Gasteiger partial charge in [0.1, 0.15) is 11.6 Å². The fourth-order valence-electron chi connectivity index (χ4n) is 2.96. The predicted octanol–water partition coefficient (Wildman–Crippen LogP) is 4.61. The van der Waals surface area contributed by atoms with Crippen LogP contribution >= 0.6 is 34.8 Å². The number of ether oxygens (including phenoxy) is 1. The first-order chi connectivity index (χ1) is 13.4. The topological polar surface area (TPSA) is 85.5 Å². The number of hydrogen-bond donors (Lipinski definition) is 1. The number of anilines is 1. The van der Waals surface area contributed by atoms with Crippen molar-refractivity contribution >= 4 is 52.4 Å². The van der Waals surface area contributed by atoms with Crippen LogP contribution in [-0.4, -0.2) is 34.8 Å². The van der Waals surface area contributed by atoms with Crippen molar-refractivity contribution in [3.63, 3.8) is 0 Å². The van der Waals surface area contributed by atoms with Gasteiger partial charge in [-0.25, -0.2) is 9.78 Å². The molecule has 2 heterocycles. The number of benzene rings is 1. The third-order valence-electron chi connectivity index (χ3n) is 4.45. The van der Waals surface area contributed by atoms with Crippen molar-refractivity contribution in [2.75, 3.05) is 18.8 Å². The number of rotatable bonds is 4. The van der Waals surface area contributed by atoms with Gasteiger partial charge in [0, 0.05) is 18.7 Å². The lowest BCUT2D eigenvalue weighted by Gasteiger charge is -2.26. The van der Waals surface area contributed by atoms with Gasteiger partial charge >= 0.3 is 5.97 Å². The minimum absolute atomic E-state index is 0.0187. The minimum Gasteiger partial charge on any atom is -0.456 e. The van der Waals surface area contributed by atoms with Gasteiger partial charge in [-0.15, -0.1) is 0 Å². The molecular formula is C19H18Cl3N3O3. The largest absolute Gasteiger partial charge is 0.456 e. The number of nitrogens with zero attached hydrogens (tertiary/aromatic N) is 2. The lowest BCUT2D eigenvalue weighted by atomic mass is 10.1. The Labute approximate surface area is 177 Å². The number of esters is 1. The second kappa shape index (κ2) is 8.99. The molecule has 0 saturated carbocycles. The Balaban J connectivity index is 1.70. The van der Waals surface area contributed by atoms with Gasteiger partial charge in [0.05, 0.1) is 10.7 Å². The molecule has 1 fully saturated rings. The number of amides is 1. The first-order valence-corrected chi connectivity index (χ1v) is 9.87. The van der Waals surface area contributed by atoms with Crippen molar-refractivity contribution in [1.82, 2.24) is 9.88 Å². The summed E-state index contributed by atoms with van der Waals surface area (Å²) in [6, 6.07) is 6.98. The van der Waals surface area contributed by atoms with Gasteiger partial charge in [0.15, 0.2) is 10.8 Å². The highest BCUT2D eigenvalue weighted by molar-refractivity contribution is 6.46. The van der Waals surface area contributed by atoms with E-state index in [1.807, 2.05) is 4.90 Å². The zero-order valence-corrected chi connectivity index (χ0v) is 17.2. The molecule has 1 aromatic carbocycles. The molecule has 0 atom stereocenters. The van der Waals surface area contributed by atoms with Crippen LogP contribution in [0.5, 0.6) is 0 Å². The summed E-state index contributed by atoms with van der Waals surface area (Å²) >= 11 is 17.7. The Morgan fingerprint density at radius 2 is 1.82 bits per heavy atom. The van der Waals surface area contributed by atoms with E-state index in [2.05, 4.69) is 4.98 Å². The van der Waals surface area contributed by atoms with E-state index < -0.39 is 5.97 Å². The summed E-state index contributed by atoms with van der Waals surface area (Å²) in [5.41, 5.74) is 6.69. The number of hydrogen-bond acceptors (Lipinski definition) is 5. The van der Waals surface area contributed by atoms with E-state index in [-0.39, 0.29) is 39.1 Å². The fourth-order valence-corrected chi connectivity index (χ4v) is 3.54. The monoisotopic (exact) mass is 441 g/mol. The van der Waals surface area contributed by atoms with Gasteiger partial charge in [-0.05, 0) is 37.0 Å². The normalized spacial score (nSPS) is 14.0. The van der Waals surface area contributed by atoms with Gasteiger partial charge < -0.3 is 15.4 Å². The number of carbonyl (C=O) groups excluding carboxylic acids is 2. The number of pyridine rings is 1. The second-order valence-electron chi connectivity index (χ2n) is 6.42. The van der Waals surface area contributed by atoms with Gasteiger partial charge in [-0.1, -0.05) is 46.9 Å². The summed E-state index contributed by atoms with van der Waals surface area (Å²) in [5.74, 6) is -0.808. The lowest BCUT2D eigenvalue weighted by molar-refractivity contribution is 0.0466. The van der Waals surface area contributed by atoms with Crippen LogP contribution in [0.3, 0.4) is 0 Å².